The van der Waals surface area contributed by atoms with E-state index in [1.54, 1.807) is 0 Å². The number of nitro benzene ring substituents is 1. The molecule has 0 aliphatic heterocycles. The van der Waals surface area contributed by atoms with E-state index in [4.69, 9.17) is 21.4 Å². The first-order chi connectivity index (χ1) is 9.49. The van der Waals surface area contributed by atoms with Crippen LogP contribution in [0.3, 0.4) is 0 Å². The minimum atomic E-state index is -1.29. The highest BCUT2D eigenvalue weighted by Gasteiger charge is 2.20. The molecule has 1 N–H and O–H groups in total. The fraction of sp³-hybridized carbons (Fsp3) is 0. The van der Waals surface area contributed by atoms with Crippen molar-refractivity contribution in [2.75, 3.05) is 0 Å². The molecule has 1 heterocycles. The number of carboxylic acids is 1. The Hall–Kier alpha value is -2.74. The quantitative estimate of drug-likeness (QED) is 0.680. The van der Waals surface area contributed by atoms with E-state index in [0.29, 0.717) is 0 Å². The largest absolute Gasteiger partial charge is 0.477 e. The molecule has 8 nitrogen and oxygen atoms in total. The lowest BCUT2D eigenvalue weighted by molar-refractivity contribution is -0.385. The van der Waals surface area contributed by atoms with Crippen LogP contribution in [0.15, 0.2) is 30.5 Å². The average molecular weight is 296 g/mol. The highest BCUT2D eigenvalue weighted by Crippen LogP contribution is 2.33. The molecule has 0 amide bonds. The van der Waals surface area contributed by atoms with Crippen molar-refractivity contribution in [3.8, 4) is 11.6 Å². The Kier molecular flexibility index (Phi) is 3.76. The van der Waals surface area contributed by atoms with Crippen molar-refractivity contribution in [3.05, 3.63) is 51.2 Å². The van der Waals surface area contributed by atoms with Gasteiger partial charge in [0.2, 0.25) is 5.75 Å². The lowest BCUT2D eigenvalue weighted by atomic mass is 10.3. The van der Waals surface area contributed by atoms with E-state index in [2.05, 4.69) is 10.2 Å². The van der Waals surface area contributed by atoms with Crippen LogP contribution in [0, 0.1) is 10.1 Å². The molecule has 2 rings (SSSR count). The van der Waals surface area contributed by atoms with Crippen molar-refractivity contribution in [1.29, 1.82) is 0 Å². The Morgan fingerprint density at radius 2 is 2.15 bits per heavy atom. The van der Waals surface area contributed by atoms with Crippen molar-refractivity contribution in [3.63, 3.8) is 0 Å². The number of nitrogens with zero attached hydrogens (tertiary/aromatic N) is 3. The Morgan fingerprint density at radius 3 is 2.80 bits per heavy atom. The van der Waals surface area contributed by atoms with Crippen LogP contribution >= 0.6 is 11.6 Å². The number of hydrogen-bond acceptors (Lipinski definition) is 6. The standard InChI is InChI=1S/C11H6ClN3O5/c12-6-1-2-9(8(5-6)15(18)19)20-10-7(11(16)17)3-4-13-14-10/h1-5H,(H,16,17). The van der Waals surface area contributed by atoms with E-state index >= 15 is 0 Å². The second-order valence-electron chi connectivity index (χ2n) is 3.53. The van der Waals surface area contributed by atoms with Gasteiger partial charge in [-0.1, -0.05) is 11.6 Å². The molecule has 0 unspecified atom stereocenters. The summed E-state index contributed by atoms with van der Waals surface area (Å²) in [5, 5.41) is 27.0. The fourth-order valence-electron chi connectivity index (χ4n) is 1.38. The Labute approximate surface area is 116 Å². The summed E-state index contributed by atoms with van der Waals surface area (Å²) < 4.78 is 5.16. The third kappa shape index (κ3) is 2.81. The number of carboxylic acid groups (broad SMARTS) is 1. The summed E-state index contributed by atoms with van der Waals surface area (Å²) in [6.07, 6.45) is 1.17. The summed E-state index contributed by atoms with van der Waals surface area (Å²) in [7, 11) is 0. The smallest absolute Gasteiger partial charge is 0.341 e. The maximum Gasteiger partial charge on any atom is 0.341 e. The number of ether oxygens (including phenoxy) is 1. The van der Waals surface area contributed by atoms with E-state index in [1.165, 1.54) is 24.4 Å². The highest BCUT2D eigenvalue weighted by molar-refractivity contribution is 6.30. The molecule has 0 aliphatic rings. The van der Waals surface area contributed by atoms with Gasteiger partial charge in [0.05, 0.1) is 11.1 Å². The van der Waals surface area contributed by atoms with Crippen molar-refractivity contribution >= 4 is 23.3 Å². The van der Waals surface area contributed by atoms with Gasteiger partial charge in [-0.15, -0.1) is 5.10 Å². The van der Waals surface area contributed by atoms with E-state index in [-0.39, 0.29) is 22.2 Å². The normalized spacial score (nSPS) is 10.1. The van der Waals surface area contributed by atoms with Gasteiger partial charge < -0.3 is 9.84 Å². The van der Waals surface area contributed by atoms with Crippen LogP contribution in [0.2, 0.25) is 5.02 Å². The van der Waals surface area contributed by atoms with Crippen LogP contribution in [0.25, 0.3) is 0 Å². The molecule has 9 heteroatoms. The first-order valence-electron chi connectivity index (χ1n) is 5.16. The van der Waals surface area contributed by atoms with E-state index in [0.717, 1.165) is 6.07 Å². The lowest BCUT2D eigenvalue weighted by Crippen LogP contribution is -2.03. The fourth-order valence-corrected chi connectivity index (χ4v) is 1.55. The third-order valence-corrected chi connectivity index (χ3v) is 2.48. The Morgan fingerprint density at radius 1 is 1.40 bits per heavy atom. The first-order valence-corrected chi connectivity index (χ1v) is 5.53. The SMILES string of the molecule is O=C(O)c1ccnnc1Oc1ccc(Cl)cc1[N+](=O)[O-]. The molecule has 0 radical (unpaired) electrons. The zero-order valence-corrected chi connectivity index (χ0v) is 10.4. The zero-order valence-electron chi connectivity index (χ0n) is 9.69. The molecule has 0 atom stereocenters. The van der Waals surface area contributed by atoms with E-state index < -0.39 is 16.6 Å². The number of aromatic nitrogens is 2. The first kappa shape index (κ1) is 13.7. The predicted molar refractivity (Wildman–Crippen MR) is 67.2 cm³/mol. The maximum atomic E-state index is 11.0. The van der Waals surface area contributed by atoms with Crippen molar-refractivity contribution in [2.45, 2.75) is 0 Å². The minimum absolute atomic E-state index is 0.154. The molecule has 2 aromatic rings. The summed E-state index contributed by atoms with van der Waals surface area (Å²) >= 11 is 5.66. The molecule has 0 aliphatic carbocycles. The third-order valence-electron chi connectivity index (χ3n) is 2.24. The minimum Gasteiger partial charge on any atom is -0.477 e. The number of benzene rings is 1. The van der Waals surface area contributed by atoms with Gasteiger partial charge in [-0.05, 0) is 18.2 Å². The molecule has 1 aromatic carbocycles. The molecule has 1 aromatic heterocycles. The molecule has 0 saturated carbocycles. The predicted octanol–water partition coefficient (Wildman–Crippen LogP) is 2.53. The number of aromatic carboxylic acids is 1. The second kappa shape index (κ2) is 5.49. The summed E-state index contributed by atoms with van der Waals surface area (Å²) in [5.41, 5.74) is -0.663. The summed E-state index contributed by atoms with van der Waals surface area (Å²) in [6, 6.07) is 4.89. The molecule has 0 fully saturated rings. The number of halogens is 1. The summed E-state index contributed by atoms with van der Waals surface area (Å²) in [4.78, 5) is 21.2. The van der Waals surface area contributed by atoms with Crippen molar-refractivity contribution in [1.82, 2.24) is 10.2 Å². The van der Waals surface area contributed by atoms with Gasteiger partial charge >= 0.3 is 11.7 Å². The molecule has 0 spiro atoms. The lowest BCUT2D eigenvalue weighted by Gasteiger charge is -2.07. The number of nitro groups is 1. The topological polar surface area (TPSA) is 115 Å². The second-order valence-corrected chi connectivity index (χ2v) is 3.96. The van der Waals surface area contributed by atoms with Gasteiger partial charge in [-0.25, -0.2) is 4.79 Å². The highest BCUT2D eigenvalue weighted by atomic mass is 35.5. The molecule has 0 saturated heterocycles. The van der Waals surface area contributed by atoms with E-state index in [9.17, 15) is 14.9 Å². The van der Waals surface area contributed by atoms with Crippen molar-refractivity contribution in [2.24, 2.45) is 0 Å². The molecule has 20 heavy (non-hydrogen) atoms. The van der Waals surface area contributed by atoms with Gasteiger partial charge in [-0.2, -0.15) is 5.10 Å². The summed E-state index contributed by atoms with van der Waals surface area (Å²) in [5.74, 6) is -1.81. The van der Waals surface area contributed by atoms with Crippen LogP contribution in [0.5, 0.6) is 11.6 Å². The Balaban J connectivity index is 2.45. The van der Waals surface area contributed by atoms with Gasteiger partial charge in [0, 0.05) is 11.1 Å². The molecular formula is C11H6ClN3O5. The Bertz CT molecular complexity index is 692. The monoisotopic (exact) mass is 295 g/mol. The van der Waals surface area contributed by atoms with Gasteiger partial charge in [0.15, 0.2) is 0 Å². The molecular weight excluding hydrogens is 290 g/mol. The summed E-state index contributed by atoms with van der Waals surface area (Å²) in [6.45, 7) is 0. The maximum absolute atomic E-state index is 11.0. The molecule has 102 valence electrons. The number of rotatable bonds is 4. The average Bonchev–Trinajstić information content (AvgIpc) is 2.41. The van der Waals surface area contributed by atoms with Crippen LogP contribution in [-0.4, -0.2) is 26.2 Å². The van der Waals surface area contributed by atoms with E-state index in [1.807, 2.05) is 0 Å². The van der Waals surface area contributed by atoms with Gasteiger partial charge in [0.1, 0.15) is 5.56 Å². The van der Waals surface area contributed by atoms with Crippen molar-refractivity contribution < 1.29 is 19.6 Å². The number of carbonyl (C=O) groups is 1. The van der Waals surface area contributed by atoms with Gasteiger partial charge in [0.25, 0.3) is 5.88 Å². The van der Waals surface area contributed by atoms with Crippen LogP contribution in [0.1, 0.15) is 10.4 Å². The van der Waals surface area contributed by atoms with Crippen LogP contribution < -0.4 is 4.74 Å². The number of hydrogen-bond donors (Lipinski definition) is 1. The van der Waals surface area contributed by atoms with Gasteiger partial charge in [-0.3, -0.25) is 10.1 Å². The van der Waals surface area contributed by atoms with Crippen LogP contribution in [0.4, 0.5) is 5.69 Å². The van der Waals surface area contributed by atoms with Crippen LogP contribution in [-0.2, 0) is 0 Å². The zero-order chi connectivity index (χ0) is 14.7. The molecule has 0 bridgehead atoms.